The summed E-state index contributed by atoms with van der Waals surface area (Å²) in [5.74, 6) is 1.37. The van der Waals surface area contributed by atoms with Crippen LogP contribution >= 0.6 is 11.6 Å². The number of piperazine rings is 1. The van der Waals surface area contributed by atoms with Crippen molar-refractivity contribution in [3.05, 3.63) is 78.5 Å². The van der Waals surface area contributed by atoms with Crippen molar-refractivity contribution >= 4 is 34.5 Å². The minimum absolute atomic E-state index is 0.162. The van der Waals surface area contributed by atoms with Crippen LogP contribution in [-0.2, 0) is 11.4 Å². The van der Waals surface area contributed by atoms with Crippen LogP contribution in [0.3, 0.4) is 0 Å². The molecule has 1 saturated heterocycles. The maximum atomic E-state index is 13.0. The van der Waals surface area contributed by atoms with Crippen molar-refractivity contribution in [3.63, 3.8) is 0 Å². The highest BCUT2D eigenvalue weighted by Crippen LogP contribution is 2.34. The first-order valence-corrected chi connectivity index (χ1v) is 13.2. The highest BCUT2D eigenvalue weighted by atomic mass is 35.5. The summed E-state index contributed by atoms with van der Waals surface area (Å²) in [4.78, 5) is 45.6. The van der Waals surface area contributed by atoms with Crippen molar-refractivity contribution in [1.82, 2.24) is 29.7 Å². The number of benzene rings is 2. The molecule has 0 unspecified atom stereocenters. The summed E-state index contributed by atoms with van der Waals surface area (Å²) in [6, 6.07) is 8.41. The Hall–Kier alpha value is -4.77. The Balaban J connectivity index is 1.31. The average Bonchev–Trinajstić information content (AvgIpc) is 2.99. The Bertz CT molecular complexity index is 1600. The minimum Gasteiger partial charge on any atom is -0.493 e. The number of halogens is 1. The largest absolute Gasteiger partial charge is 0.493 e. The van der Waals surface area contributed by atoms with E-state index in [-0.39, 0.29) is 24.3 Å². The first kappa shape index (κ1) is 27.8. The third-order valence-corrected chi connectivity index (χ3v) is 6.89. The molecule has 0 spiro atoms. The number of aromatic nitrogens is 4. The molecule has 1 fully saturated rings. The summed E-state index contributed by atoms with van der Waals surface area (Å²) in [5, 5.41) is 1.06. The van der Waals surface area contributed by atoms with Crippen molar-refractivity contribution in [1.29, 1.82) is 0 Å². The highest BCUT2D eigenvalue weighted by molar-refractivity contribution is 6.32. The maximum Gasteiger partial charge on any atom is 0.415 e. The molecule has 2 aromatic carbocycles. The number of carbonyl (C=O) groups excluding carboxylic acids is 2. The molecule has 5 rings (SSSR count). The van der Waals surface area contributed by atoms with Crippen LogP contribution in [-0.4, -0.2) is 74.5 Å². The first-order valence-electron chi connectivity index (χ1n) is 12.8. The van der Waals surface area contributed by atoms with Crippen LogP contribution < -0.4 is 14.2 Å². The second-order valence-corrected chi connectivity index (χ2v) is 9.69. The Labute approximate surface area is 241 Å². The average molecular weight is 575 g/mol. The van der Waals surface area contributed by atoms with Gasteiger partial charge in [-0.15, -0.1) is 0 Å². The predicted octanol–water partition coefficient (Wildman–Crippen LogP) is 4.55. The third-order valence-electron chi connectivity index (χ3n) is 6.59. The number of ether oxygens (including phenoxy) is 3. The van der Waals surface area contributed by atoms with E-state index in [0.29, 0.717) is 64.1 Å². The molecule has 41 heavy (non-hydrogen) atoms. The van der Waals surface area contributed by atoms with E-state index in [9.17, 15) is 9.59 Å². The van der Waals surface area contributed by atoms with Crippen LogP contribution in [0.25, 0.3) is 22.3 Å². The number of rotatable bonds is 7. The van der Waals surface area contributed by atoms with Crippen molar-refractivity contribution in [2.24, 2.45) is 0 Å². The van der Waals surface area contributed by atoms with Crippen molar-refractivity contribution in [2.75, 3.05) is 26.7 Å². The van der Waals surface area contributed by atoms with E-state index in [1.165, 1.54) is 13.2 Å². The monoisotopic (exact) mass is 574 g/mol. The second-order valence-electron chi connectivity index (χ2n) is 9.28. The van der Waals surface area contributed by atoms with Crippen molar-refractivity contribution in [2.45, 2.75) is 19.6 Å². The summed E-state index contributed by atoms with van der Waals surface area (Å²) >= 11 is 6.47. The highest BCUT2D eigenvalue weighted by Gasteiger charge is 2.30. The summed E-state index contributed by atoms with van der Waals surface area (Å²) < 4.78 is 17.0. The zero-order chi connectivity index (χ0) is 28.9. The lowest BCUT2D eigenvalue weighted by Gasteiger charge is -2.38. The second kappa shape index (κ2) is 12.2. The lowest BCUT2D eigenvalue weighted by molar-refractivity contribution is -0.128. The van der Waals surface area contributed by atoms with Gasteiger partial charge in [-0.2, -0.15) is 0 Å². The van der Waals surface area contributed by atoms with Gasteiger partial charge in [0.05, 0.1) is 29.5 Å². The number of fused-ring (bicyclic) bond motifs is 1. The number of amides is 2. The SMILES string of the molecule is C=CC(=O)N1CCN(C(=O)Oc2cc3cnc(-c4ccc(OCc5cnccn5)c(Cl)c4)nc3cc2OC)[C@H](C)C1. The Morgan fingerprint density at radius 2 is 1.95 bits per heavy atom. The van der Waals surface area contributed by atoms with Crippen LogP contribution in [0, 0.1) is 0 Å². The molecule has 2 amide bonds. The molecule has 4 aromatic rings. The number of carbonyl (C=O) groups is 2. The molecule has 3 heterocycles. The molecule has 0 aliphatic carbocycles. The molecular formula is C29H27ClN6O5. The molecule has 0 radical (unpaired) electrons. The van der Waals surface area contributed by atoms with Gasteiger partial charge in [0.1, 0.15) is 12.4 Å². The van der Waals surface area contributed by atoms with Crippen LogP contribution in [0.2, 0.25) is 5.02 Å². The molecular weight excluding hydrogens is 548 g/mol. The Morgan fingerprint density at radius 3 is 2.66 bits per heavy atom. The van der Waals surface area contributed by atoms with E-state index in [1.807, 2.05) is 13.0 Å². The van der Waals surface area contributed by atoms with Gasteiger partial charge in [0.25, 0.3) is 0 Å². The zero-order valence-electron chi connectivity index (χ0n) is 22.5. The summed E-state index contributed by atoms with van der Waals surface area (Å²) in [5.41, 5.74) is 1.97. The number of hydrogen-bond donors (Lipinski definition) is 0. The minimum atomic E-state index is -0.533. The smallest absolute Gasteiger partial charge is 0.415 e. The molecule has 11 nitrogen and oxygen atoms in total. The van der Waals surface area contributed by atoms with E-state index >= 15 is 0 Å². The van der Waals surface area contributed by atoms with Gasteiger partial charge in [0, 0.05) is 61.3 Å². The van der Waals surface area contributed by atoms with Crippen molar-refractivity contribution in [3.8, 4) is 28.6 Å². The van der Waals surface area contributed by atoms with Gasteiger partial charge < -0.3 is 24.0 Å². The Kier molecular flexibility index (Phi) is 8.25. The van der Waals surface area contributed by atoms with Gasteiger partial charge in [-0.3, -0.25) is 14.8 Å². The lowest BCUT2D eigenvalue weighted by atomic mass is 10.1. The third kappa shape index (κ3) is 6.20. The van der Waals surface area contributed by atoms with Crippen molar-refractivity contribution < 1.29 is 23.8 Å². The molecule has 0 bridgehead atoms. The van der Waals surface area contributed by atoms with Crippen LogP contribution in [0.5, 0.6) is 17.2 Å². The molecule has 1 atom stereocenters. The molecule has 1 aliphatic rings. The lowest BCUT2D eigenvalue weighted by Crippen LogP contribution is -2.55. The van der Waals surface area contributed by atoms with Gasteiger partial charge >= 0.3 is 6.09 Å². The van der Waals surface area contributed by atoms with E-state index in [2.05, 4.69) is 26.5 Å². The molecule has 210 valence electrons. The normalized spacial score (nSPS) is 15.0. The van der Waals surface area contributed by atoms with Crippen LogP contribution in [0.15, 0.2) is 67.8 Å². The summed E-state index contributed by atoms with van der Waals surface area (Å²) in [6.45, 7) is 6.75. The van der Waals surface area contributed by atoms with Gasteiger partial charge in [0.15, 0.2) is 17.3 Å². The van der Waals surface area contributed by atoms with Gasteiger partial charge in [-0.05, 0) is 37.3 Å². The molecule has 12 heteroatoms. The van der Waals surface area contributed by atoms with Crippen LogP contribution in [0.1, 0.15) is 12.6 Å². The fourth-order valence-electron chi connectivity index (χ4n) is 4.44. The predicted molar refractivity (Wildman–Crippen MR) is 152 cm³/mol. The fourth-order valence-corrected chi connectivity index (χ4v) is 4.68. The van der Waals surface area contributed by atoms with Gasteiger partial charge in [0.2, 0.25) is 5.91 Å². The summed E-state index contributed by atoms with van der Waals surface area (Å²) in [6.07, 6.45) is 7.20. The van der Waals surface area contributed by atoms with E-state index < -0.39 is 6.09 Å². The van der Waals surface area contributed by atoms with Gasteiger partial charge in [-0.25, -0.2) is 14.8 Å². The summed E-state index contributed by atoms with van der Waals surface area (Å²) in [7, 11) is 1.49. The topological polar surface area (TPSA) is 120 Å². The first-order chi connectivity index (χ1) is 19.9. The number of methoxy groups -OCH3 is 1. The number of nitrogens with zero attached hydrogens (tertiary/aromatic N) is 6. The molecule has 1 aliphatic heterocycles. The van der Waals surface area contributed by atoms with E-state index in [1.54, 1.807) is 58.9 Å². The standard InChI is InChI=1S/C29H27ClN6O5/c1-4-27(37)35-9-10-36(18(2)16-35)29(38)41-26-12-20-14-33-28(34-23(20)13-25(26)39-3)19-5-6-24(22(30)11-19)40-17-21-15-31-7-8-32-21/h4-8,11-15,18H,1,9-10,16-17H2,2-3H3/t18-/m1/s1. The molecule has 0 saturated carbocycles. The quantitative estimate of drug-likeness (QED) is 0.293. The number of hydrogen-bond acceptors (Lipinski definition) is 9. The Morgan fingerprint density at radius 1 is 1.10 bits per heavy atom. The fraction of sp³-hybridized carbons (Fsp3) is 0.241. The van der Waals surface area contributed by atoms with E-state index in [4.69, 9.17) is 25.8 Å². The molecule has 2 aromatic heterocycles. The maximum absolute atomic E-state index is 13.0. The van der Waals surface area contributed by atoms with Gasteiger partial charge in [-0.1, -0.05) is 18.2 Å². The van der Waals surface area contributed by atoms with Crippen LogP contribution in [0.4, 0.5) is 4.79 Å². The van der Waals surface area contributed by atoms with E-state index in [0.717, 1.165) is 0 Å². The molecule has 0 N–H and O–H groups in total. The zero-order valence-corrected chi connectivity index (χ0v) is 23.2.